The van der Waals surface area contributed by atoms with E-state index in [2.05, 4.69) is 19.2 Å². The number of nitrogens with one attached hydrogen (secondary N) is 2. The van der Waals surface area contributed by atoms with Crippen molar-refractivity contribution in [3.63, 3.8) is 0 Å². The third kappa shape index (κ3) is 3.16. The maximum absolute atomic E-state index is 13.2. The number of benzene rings is 1. The van der Waals surface area contributed by atoms with Gasteiger partial charge < -0.3 is 15.0 Å². The first kappa shape index (κ1) is 16.9. The van der Waals surface area contributed by atoms with Gasteiger partial charge in [-0.05, 0) is 17.9 Å². The second-order valence-electron chi connectivity index (χ2n) is 7.05. The second kappa shape index (κ2) is 6.91. The predicted molar refractivity (Wildman–Crippen MR) is 89.3 cm³/mol. The van der Waals surface area contributed by atoms with Crippen LogP contribution < -0.4 is 10.2 Å². The van der Waals surface area contributed by atoms with Crippen LogP contribution >= 0.6 is 0 Å². The Labute approximate surface area is 142 Å². The maximum atomic E-state index is 13.2. The quantitative estimate of drug-likeness (QED) is 0.765. The summed E-state index contributed by atoms with van der Waals surface area (Å²) in [7, 11) is 0. The Morgan fingerprint density at radius 3 is 2.50 bits per heavy atom. The van der Waals surface area contributed by atoms with Crippen LogP contribution in [0.15, 0.2) is 30.3 Å². The van der Waals surface area contributed by atoms with E-state index in [0.29, 0.717) is 26.3 Å². The molecule has 0 spiro atoms. The van der Waals surface area contributed by atoms with Gasteiger partial charge in [0.05, 0.1) is 13.2 Å². The second-order valence-corrected chi connectivity index (χ2v) is 7.05. The minimum absolute atomic E-state index is 0.133. The summed E-state index contributed by atoms with van der Waals surface area (Å²) >= 11 is 0. The zero-order valence-electron chi connectivity index (χ0n) is 14.4. The fraction of sp³-hybridized carbons (Fsp3) is 0.556. The summed E-state index contributed by atoms with van der Waals surface area (Å²) in [6.45, 7) is 7.53. The number of carbonyl (C=O) groups excluding carboxylic acids is 2. The molecule has 6 heteroatoms. The third-order valence-electron chi connectivity index (χ3n) is 4.74. The van der Waals surface area contributed by atoms with Crippen molar-refractivity contribution >= 4 is 11.9 Å². The van der Waals surface area contributed by atoms with E-state index in [4.69, 9.17) is 4.74 Å². The van der Waals surface area contributed by atoms with Gasteiger partial charge >= 0.3 is 6.03 Å². The summed E-state index contributed by atoms with van der Waals surface area (Å²) < 4.78 is 5.36. The first-order valence-electron chi connectivity index (χ1n) is 8.64. The topological polar surface area (TPSA) is 63.1 Å². The van der Waals surface area contributed by atoms with E-state index in [-0.39, 0.29) is 17.9 Å². The van der Waals surface area contributed by atoms with Crippen LogP contribution in [-0.4, -0.2) is 49.8 Å². The summed E-state index contributed by atoms with van der Waals surface area (Å²) in [5, 5.41) is 3.00. The van der Waals surface area contributed by atoms with Crippen molar-refractivity contribution in [2.75, 3.05) is 33.0 Å². The molecule has 2 fully saturated rings. The zero-order valence-corrected chi connectivity index (χ0v) is 14.4. The lowest BCUT2D eigenvalue weighted by molar-refractivity contribution is -0.915. The lowest BCUT2D eigenvalue weighted by atomic mass is 9.82. The van der Waals surface area contributed by atoms with Crippen molar-refractivity contribution in [1.29, 1.82) is 0 Å². The normalized spacial score (nSPS) is 25.4. The summed E-state index contributed by atoms with van der Waals surface area (Å²) in [4.78, 5) is 28.4. The van der Waals surface area contributed by atoms with Crippen LogP contribution in [-0.2, 0) is 15.1 Å². The van der Waals surface area contributed by atoms with Crippen LogP contribution in [0.25, 0.3) is 0 Å². The van der Waals surface area contributed by atoms with Crippen molar-refractivity contribution in [1.82, 2.24) is 10.2 Å². The summed E-state index contributed by atoms with van der Waals surface area (Å²) in [5.41, 5.74) is -0.0883. The number of quaternary nitrogens is 1. The van der Waals surface area contributed by atoms with E-state index in [1.807, 2.05) is 30.3 Å². The fourth-order valence-corrected chi connectivity index (χ4v) is 3.60. The molecule has 0 aliphatic carbocycles. The highest BCUT2D eigenvalue weighted by Gasteiger charge is 2.53. The minimum Gasteiger partial charge on any atom is -0.370 e. The molecule has 3 amide bonds. The van der Waals surface area contributed by atoms with Gasteiger partial charge in [-0.25, -0.2) is 9.69 Å². The molecule has 1 atom stereocenters. The van der Waals surface area contributed by atoms with Crippen LogP contribution in [0.2, 0.25) is 0 Å². The van der Waals surface area contributed by atoms with E-state index in [9.17, 15) is 9.59 Å². The molecule has 2 aliphatic heterocycles. The molecule has 2 aliphatic rings. The van der Waals surface area contributed by atoms with Gasteiger partial charge in [0, 0.05) is 0 Å². The molecular formula is C18H26N3O3+. The van der Waals surface area contributed by atoms with Crippen molar-refractivity contribution in [2.24, 2.45) is 5.92 Å². The fourth-order valence-electron chi connectivity index (χ4n) is 3.60. The number of hydrogen-bond donors (Lipinski definition) is 2. The average Bonchev–Trinajstić information content (AvgIpc) is 2.81. The third-order valence-corrected chi connectivity index (χ3v) is 4.74. The number of rotatable bonds is 5. The Morgan fingerprint density at radius 1 is 1.21 bits per heavy atom. The molecule has 0 aromatic heterocycles. The highest BCUT2D eigenvalue weighted by molar-refractivity contribution is 6.07. The van der Waals surface area contributed by atoms with Crippen molar-refractivity contribution < 1.29 is 19.2 Å². The van der Waals surface area contributed by atoms with E-state index in [1.54, 1.807) is 0 Å². The lowest BCUT2D eigenvalue weighted by Gasteiger charge is -2.30. The minimum atomic E-state index is -0.946. The van der Waals surface area contributed by atoms with Gasteiger partial charge in [0.1, 0.15) is 18.6 Å². The van der Waals surface area contributed by atoms with E-state index in [1.165, 1.54) is 9.80 Å². The molecule has 1 aromatic carbocycles. The SMILES string of the molecule is CC(C)C[C@]1(c2ccccc2)NC(=O)N(C[NH+]2CCOCC2)C1=O. The van der Waals surface area contributed by atoms with Crippen molar-refractivity contribution in [3.8, 4) is 0 Å². The highest BCUT2D eigenvalue weighted by atomic mass is 16.5. The molecule has 0 unspecified atom stereocenters. The number of urea groups is 1. The van der Waals surface area contributed by atoms with Gasteiger partial charge in [-0.15, -0.1) is 0 Å². The largest absolute Gasteiger partial charge is 0.370 e. The van der Waals surface area contributed by atoms with Crippen LogP contribution in [0.3, 0.4) is 0 Å². The number of imide groups is 1. The number of carbonyl (C=O) groups is 2. The molecule has 2 heterocycles. The van der Waals surface area contributed by atoms with E-state index in [0.717, 1.165) is 18.7 Å². The molecule has 2 saturated heterocycles. The van der Waals surface area contributed by atoms with Gasteiger partial charge in [0.15, 0.2) is 6.67 Å². The Balaban J connectivity index is 1.87. The highest BCUT2D eigenvalue weighted by Crippen LogP contribution is 2.34. The average molecular weight is 332 g/mol. The lowest BCUT2D eigenvalue weighted by Crippen LogP contribution is -3.15. The first-order valence-corrected chi connectivity index (χ1v) is 8.64. The molecule has 6 nitrogen and oxygen atoms in total. The Kier molecular flexibility index (Phi) is 4.87. The van der Waals surface area contributed by atoms with Crippen LogP contribution in [0.1, 0.15) is 25.8 Å². The Hall–Kier alpha value is -1.92. The van der Waals surface area contributed by atoms with Crippen LogP contribution in [0.5, 0.6) is 0 Å². The van der Waals surface area contributed by atoms with Crippen LogP contribution in [0.4, 0.5) is 4.79 Å². The first-order chi connectivity index (χ1) is 11.5. The standard InChI is InChI=1S/C18H25N3O3/c1-14(2)12-18(15-6-4-3-5-7-15)16(22)21(17(23)19-18)13-20-8-10-24-11-9-20/h3-7,14H,8-13H2,1-2H3,(H,19,23)/p+1/t18-/m1/s1. The number of amides is 3. The van der Waals surface area contributed by atoms with E-state index >= 15 is 0 Å². The van der Waals surface area contributed by atoms with Crippen LogP contribution in [0, 0.1) is 5.92 Å². The van der Waals surface area contributed by atoms with Gasteiger partial charge in [0.25, 0.3) is 5.91 Å². The molecule has 3 rings (SSSR count). The van der Waals surface area contributed by atoms with Gasteiger partial charge in [-0.1, -0.05) is 44.2 Å². The Bertz CT molecular complexity index is 599. The van der Waals surface area contributed by atoms with Gasteiger partial charge in [-0.3, -0.25) is 4.79 Å². The monoisotopic (exact) mass is 332 g/mol. The summed E-state index contributed by atoms with van der Waals surface area (Å²) in [6.07, 6.45) is 0.594. The Morgan fingerprint density at radius 2 is 1.88 bits per heavy atom. The molecule has 1 aromatic rings. The molecule has 2 N–H and O–H groups in total. The molecule has 0 radical (unpaired) electrons. The number of morpholine rings is 1. The maximum Gasteiger partial charge on any atom is 0.329 e. The molecule has 130 valence electrons. The zero-order chi connectivity index (χ0) is 17.2. The summed E-state index contributed by atoms with van der Waals surface area (Å²) in [6, 6.07) is 9.30. The van der Waals surface area contributed by atoms with E-state index < -0.39 is 5.54 Å². The molecule has 24 heavy (non-hydrogen) atoms. The molecular weight excluding hydrogens is 306 g/mol. The van der Waals surface area contributed by atoms with Crippen molar-refractivity contribution in [2.45, 2.75) is 25.8 Å². The molecule has 0 bridgehead atoms. The molecule has 0 saturated carbocycles. The van der Waals surface area contributed by atoms with Crippen molar-refractivity contribution in [3.05, 3.63) is 35.9 Å². The predicted octanol–water partition coefficient (Wildman–Crippen LogP) is 0.352. The smallest absolute Gasteiger partial charge is 0.329 e. The number of nitrogens with zero attached hydrogens (tertiary/aromatic N) is 1. The van der Waals surface area contributed by atoms with Gasteiger partial charge in [-0.2, -0.15) is 0 Å². The van der Waals surface area contributed by atoms with Gasteiger partial charge in [0.2, 0.25) is 0 Å². The number of hydrogen-bond acceptors (Lipinski definition) is 3. The summed E-state index contributed by atoms with van der Waals surface area (Å²) in [5.74, 6) is 0.150. The number of ether oxygens (including phenoxy) is 1.